The average Bonchev–Trinajstić information content (AvgIpc) is 3.05. The van der Waals surface area contributed by atoms with Crippen LogP contribution in [0.3, 0.4) is 0 Å². The Morgan fingerprint density at radius 2 is 2.42 bits per heavy atom. The van der Waals surface area contributed by atoms with Crippen LogP contribution in [-0.2, 0) is 0 Å². The SMILES string of the molecule is CCCN(C(=O)c1ccc([N+](=O)[O-])s1)[C@@H]1CCNC1. The van der Waals surface area contributed by atoms with Crippen LogP contribution in [0, 0.1) is 10.1 Å². The van der Waals surface area contributed by atoms with Gasteiger partial charge < -0.3 is 10.2 Å². The van der Waals surface area contributed by atoms with Crippen LogP contribution in [0.2, 0.25) is 0 Å². The number of carbonyl (C=O) groups excluding carboxylic acids is 1. The van der Waals surface area contributed by atoms with Crippen molar-refractivity contribution in [3.8, 4) is 0 Å². The van der Waals surface area contributed by atoms with E-state index in [9.17, 15) is 14.9 Å². The number of nitrogens with zero attached hydrogens (tertiary/aromatic N) is 2. The van der Waals surface area contributed by atoms with E-state index in [1.165, 1.54) is 6.07 Å². The minimum atomic E-state index is -0.456. The van der Waals surface area contributed by atoms with E-state index in [4.69, 9.17) is 0 Å². The molecule has 0 radical (unpaired) electrons. The van der Waals surface area contributed by atoms with Crippen molar-refractivity contribution >= 4 is 22.2 Å². The molecule has 1 fully saturated rings. The molecule has 1 aromatic heterocycles. The van der Waals surface area contributed by atoms with Crippen LogP contribution in [0.25, 0.3) is 0 Å². The molecule has 1 atom stereocenters. The van der Waals surface area contributed by atoms with Crippen molar-refractivity contribution in [2.24, 2.45) is 0 Å². The smallest absolute Gasteiger partial charge is 0.324 e. The molecule has 2 heterocycles. The number of hydrogen-bond acceptors (Lipinski definition) is 5. The van der Waals surface area contributed by atoms with E-state index in [-0.39, 0.29) is 17.0 Å². The lowest BCUT2D eigenvalue weighted by Crippen LogP contribution is -2.41. The molecule has 0 saturated carbocycles. The molecule has 1 aromatic rings. The van der Waals surface area contributed by atoms with E-state index >= 15 is 0 Å². The third-order valence-corrected chi connectivity index (χ3v) is 4.21. The summed E-state index contributed by atoms with van der Waals surface area (Å²) in [6, 6.07) is 3.15. The summed E-state index contributed by atoms with van der Waals surface area (Å²) in [5.74, 6) is -0.0892. The summed E-state index contributed by atoms with van der Waals surface area (Å²) < 4.78 is 0. The third kappa shape index (κ3) is 3.10. The van der Waals surface area contributed by atoms with Crippen molar-refractivity contribution in [2.45, 2.75) is 25.8 Å². The standard InChI is InChI=1S/C12H17N3O3S/c1-2-7-14(9-5-6-13-8-9)12(16)10-3-4-11(19-10)15(17)18/h3-4,9,13H,2,5-8H2,1H3/t9-/m1/s1. The van der Waals surface area contributed by atoms with Gasteiger partial charge in [-0.3, -0.25) is 14.9 Å². The van der Waals surface area contributed by atoms with Crippen LogP contribution in [-0.4, -0.2) is 41.4 Å². The van der Waals surface area contributed by atoms with Gasteiger partial charge in [-0.15, -0.1) is 0 Å². The number of carbonyl (C=O) groups is 1. The van der Waals surface area contributed by atoms with E-state index < -0.39 is 4.92 Å². The van der Waals surface area contributed by atoms with Crippen molar-refractivity contribution in [1.29, 1.82) is 0 Å². The van der Waals surface area contributed by atoms with E-state index in [1.807, 2.05) is 11.8 Å². The van der Waals surface area contributed by atoms with E-state index in [0.29, 0.717) is 11.4 Å². The van der Waals surface area contributed by atoms with Crippen molar-refractivity contribution in [3.63, 3.8) is 0 Å². The summed E-state index contributed by atoms with van der Waals surface area (Å²) >= 11 is 0.951. The molecule has 0 unspecified atom stereocenters. The Labute approximate surface area is 115 Å². The first-order valence-electron chi connectivity index (χ1n) is 6.39. The largest absolute Gasteiger partial charge is 0.334 e. The molecule has 1 amide bonds. The normalized spacial score (nSPS) is 18.5. The summed E-state index contributed by atoms with van der Waals surface area (Å²) in [6.45, 7) is 4.44. The molecule has 1 aliphatic heterocycles. The Morgan fingerprint density at radius 1 is 1.63 bits per heavy atom. The first-order chi connectivity index (χ1) is 9.13. The number of nitro groups is 1. The van der Waals surface area contributed by atoms with Gasteiger partial charge in [0.2, 0.25) is 0 Å². The fraction of sp³-hybridized carbons (Fsp3) is 0.583. The summed E-state index contributed by atoms with van der Waals surface area (Å²) in [5.41, 5.74) is 0. The molecule has 7 heteroatoms. The van der Waals surface area contributed by atoms with E-state index in [1.54, 1.807) is 6.07 Å². The van der Waals surface area contributed by atoms with Crippen LogP contribution < -0.4 is 5.32 Å². The maximum absolute atomic E-state index is 12.4. The average molecular weight is 283 g/mol. The molecule has 0 spiro atoms. The quantitative estimate of drug-likeness (QED) is 0.661. The molecule has 0 aromatic carbocycles. The van der Waals surface area contributed by atoms with Gasteiger partial charge >= 0.3 is 5.00 Å². The molecule has 2 rings (SSSR count). The van der Waals surface area contributed by atoms with Gasteiger partial charge in [-0.1, -0.05) is 18.3 Å². The Bertz CT molecular complexity index is 469. The van der Waals surface area contributed by atoms with Crippen LogP contribution in [0.4, 0.5) is 5.00 Å². The van der Waals surface area contributed by atoms with Crippen molar-refractivity contribution in [1.82, 2.24) is 10.2 Å². The Kier molecular flexibility index (Phi) is 4.49. The maximum Gasteiger partial charge on any atom is 0.324 e. The fourth-order valence-corrected chi connectivity index (χ4v) is 3.06. The van der Waals surface area contributed by atoms with Gasteiger partial charge in [0.15, 0.2) is 0 Å². The minimum absolute atomic E-state index is 0.0179. The first-order valence-corrected chi connectivity index (χ1v) is 7.21. The predicted molar refractivity (Wildman–Crippen MR) is 73.6 cm³/mol. The first kappa shape index (κ1) is 14.0. The summed E-state index contributed by atoms with van der Waals surface area (Å²) in [4.78, 5) is 25.0. The minimum Gasteiger partial charge on any atom is -0.334 e. The molecule has 1 saturated heterocycles. The zero-order valence-corrected chi connectivity index (χ0v) is 11.6. The topological polar surface area (TPSA) is 75.5 Å². The van der Waals surface area contributed by atoms with Gasteiger partial charge in [-0.25, -0.2) is 0 Å². The van der Waals surface area contributed by atoms with Gasteiger partial charge in [0.1, 0.15) is 0 Å². The molecule has 1 N–H and O–H groups in total. The second-order valence-corrected chi connectivity index (χ2v) is 5.60. The number of hydrogen-bond donors (Lipinski definition) is 1. The highest BCUT2D eigenvalue weighted by Gasteiger charge is 2.28. The third-order valence-electron chi connectivity index (χ3n) is 3.18. The zero-order valence-electron chi connectivity index (χ0n) is 10.8. The van der Waals surface area contributed by atoms with Crippen LogP contribution in [0.1, 0.15) is 29.4 Å². The number of thiophene rings is 1. The fourth-order valence-electron chi connectivity index (χ4n) is 2.28. The van der Waals surface area contributed by atoms with Crippen molar-refractivity contribution < 1.29 is 9.72 Å². The van der Waals surface area contributed by atoms with Crippen molar-refractivity contribution in [3.05, 3.63) is 27.1 Å². The lowest BCUT2D eigenvalue weighted by atomic mass is 10.2. The molecular formula is C12H17N3O3S. The van der Waals surface area contributed by atoms with Gasteiger partial charge in [-0.2, -0.15) is 0 Å². The lowest BCUT2D eigenvalue weighted by Gasteiger charge is -2.27. The summed E-state index contributed by atoms with van der Waals surface area (Å²) in [7, 11) is 0. The highest BCUT2D eigenvalue weighted by molar-refractivity contribution is 7.17. The highest BCUT2D eigenvalue weighted by atomic mass is 32.1. The summed E-state index contributed by atoms with van der Waals surface area (Å²) in [6.07, 6.45) is 1.83. The number of rotatable bonds is 5. The summed E-state index contributed by atoms with van der Waals surface area (Å²) in [5, 5.41) is 13.9. The molecular weight excluding hydrogens is 266 g/mol. The molecule has 0 bridgehead atoms. The monoisotopic (exact) mass is 283 g/mol. The van der Waals surface area contributed by atoms with E-state index in [2.05, 4.69) is 5.32 Å². The zero-order chi connectivity index (χ0) is 13.8. The second kappa shape index (κ2) is 6.12. The Balaban J connectivity index is 2.15. The van der Waals surface area contributed by atoms with Gasteiger partial charge in [0.25, 0.3) is 5.91 Å². The lowest BCUT2D eigenvalue weighted by molar-refractivity contribution is -0.380. The molecule has 1 aliphatic rings. The maximum atomic E-state index is 12.4. The predicted octanol–water partition coefficient (Wildman–Crippen LogP) is 1.87. The van der Waals surface area contributed by atoms with Gasteiger partial charge in [0, 0.05) is 25.2 Å². The number of nitrogens with one attached hydrogen (secondary N) is 1. The molecule has 19 heavy (non-hydrogen) atoms. The van der Waals surface area contributed by atoms with Gasteiger partial charge in [0.05, 0.1) is 9.80 Å². The number of amides is 1. The molecule has 6 nitrogen and oxygen atoms in total. The van der Waals surface area contributed by atoms with Crippen molar-refractivity contribution in [2.75, 3.05) is 19.6 Å². The molecule has 104 valence electrons. The van der Waals surface area contributed by atoms with Crippen LogP contribution in [0.15, 0.2) is 12.1 Å². The van der Waals surface area contributed by atoms with Crippen LogP contribution >= 0.6 is 11.3 Å². The Morgan fingerprint density at radius 3 is 2.95 bits per heavy atom. The van der Waals surface area contributed by atoms with E-state index in [0.717, 1.165) is 37.3 Å². The second-order valence-electron chi connectivity index (χ2n) is 4.54. The Hall–Kier alpha value is -1.47. The highest BCUT2D eigenvalue weighted by Crippen LogP contribution is 2.26. The van der Waals surface area contributed by atoms with Crippen LogP contribution in [0.5, 0.6) is 0 Å². The van der Waals surface area contributed by atoms with Gasteiger partial charge in [-0.05, 0) is 25.5 Å². The molecule has 0 aliphatic carbocycles.